The number of sulfone groups is 1. The predicted octanol–water partition coefficient (Wildman–Crippen LogP) is 7.39. The second-order valence-electron chi connectivity index (χ2n) is 10.1. The fourth-order valence-electron chi connectivity index (χ4n) is 4.57. The molecule has 0 atom stereocenters. The second-order valence-corrected chi connectivity index (χ2v) is 12.1. The van der Waals surface area contributed by atoms with Gasteiger partial charge >= 0.3 is 0 Å². The van der Waals surface area contributed by atoms with Crippen LogP contribution < -0.4 is 0 Å². The van der Waals surface area contributed by atoms with Crippen molar-refractivity contribution in [3.8, 4) is 0 Å². The first kappa shape index (κ1) is 26.6. The van der Waals surface area contributed by atoms with Crippen molar-refractivity contribution in [2.45, 2.75) is 64.2 Å². The zero-order valence-corrected chi connectivity index (χ0v) is 23.3. The Labute approximate surface area is 221 Å². The van der Waals surface area contributed by atoms with E-state index in [-0.39, 0.29) is 5.78 Å². The van der Waals surface area contributed by atoms with E-state index in [1.54, 1.807) is 24.3 Å². The van der Waals surface area contributed by atoms with E-state index in [9.17, 15) is 13.2 Å². The highest BCUT2D eigenvalue weighted by molar-refractivity contribution is 7.91. The zero-order chi connectivity index (χ0) is 26.9. The minimum Gasteiger partial charge on any atom is -0.289 e. The van der Waals surface area contributed by atoms with Crippen LogP contribution in [0.15, 0.2) is 82.6 Å². The first-order valence-corrected chi connectivity index (χ1v) is 14.1. The average Bonchev–Trinajstić information content (AvgIpc) is 2.86. The summed E-state index contributed by atoms with van der Waals surface area (Å²) in [6.07, 6.45) is 1.61. The molecule has 3 nitrogen and oxygen atoms in total. The molecule has 0 unspecified atom stereocenters. The maximum absolute atomic E-state index is 13.2. The number of hydrogen-bond donors (Lipinski definition) is 0. The third-order valence-electron chi connectivity index (χ3n) is 7.45. The predicted molar refractivity (Wildman–Crippen MR) is 150 cm³/mol. The Morgan fingerprint density at radius 3 is 1.43 bits per heavy atom. The van der Waals surface area contributed by atoms with Crippen molar-refractivity contribution >= 4 is 15.6 Å². The number of hydrogen-bond acceptors (Lipinski definition) is 3. The van der Waals surface area contributed by atoms with Gasteiger partial charge in [-0.25, -0.2) is 8.42 Å². The summed E-state index contributed by atoms with van der Waals surface area (Å²) >= 11 is 0. The van der Waals surface area contributed by atoms with Crippen molar-refractivity contribution in [3.63, 3.8) is 0 Å². The van der Waals surface area contributed by atoms with Crippen molar-refractivity contribution in [3.05, 3.63) is 128 Å². The summed E-state index contributed by atoms with van der Waals surface area (Å²) in [5.74, 6) is 0.0363. The number of carbonyl (C=O) groups excluding carboxylic acids is 1. The highest BCUT2D eigenvalue weighted by Crippen LogP contribution is 2.26. The first-order chi connectivity index (χ1) is 17.5. The summed E-state index contributed by atoms with van der Waals surface area (Å²) in [7, 11) is -3.56. The molecular formula is C33H34O3S. The molecule has 0 saturated heterocycles. The van der Waals surface area contributed by atoms with Crippen LogP contribution in [-0.4, -0.2) is 14.2 Å². The molecule has 0 aromatic heterocycles. The average molecular weight is 511 g/mol. The fraction of sp³-hybridized carbons (Fsp3) is 0.242. The SMILES string of the molecule is Cc1ccc(C(=O)c2ccc(CCc3ccc(S(=O)(=O)c4ccc(C)c(C)c4)cc3C)c(C)c2)cc1C. The zero-order valence-electron chi connectivity index (χ0n) is 22.5. The molecule has 0 spiro atoms. The third kappa shape index (κ3) is 5.60. The van der Waals surface area contributed by atoms with E-state index in [1.165, 1.54) is 11.1 Å². The van der Waals surface area contributed by atoms with Gasteiger partial charge in [0.15, 0.2) is 5.78 Å². The number of aryl methyl sites for hydroxylation is 8. The minimum atomic E-state index is -3.56. The summed E-state index contributed by atoms with van der Waals surface area (Å²) in [5, 5.41) is 0. The molecule has 37 heavy (non-hydrogen) atoms. The van der Waals surface area contributed by atoms with E-state index >= 15 is 0 Å². The molecule has 0 radical (unpaired) electrons. The van der Waals surface area contributed by atoms with Gasteiger partial charge in [-0.05, 0) is 135 Å². The van der Waals surface area contributed by atoms with E-state index in [0.717, 1.165) is 46.2 Å². The van der Waals surface area contributed by atoms with Crippen LogP contribution in [0.25, 0.3) is 0 Å². The number of ketones is 1. The van der Waals surface area contributed by atoms with Crippen molar-refractivity contribution in [1.82, 2.24) is 0 Å². The Morgan fingerprint density at radius 2 is 0.919 bits per heavy atom. The standard InChI is InChI=1S/C33H34O3S/c1-21-7-9-29(17-23(21)3)33(34)30-13-12-27(25(5)18-30)10-11-28-14-16-32(20-26(28)6)37(35,36)31-15-8-22(2)24(4)19-31/h7-9,12-20H,10-11H2,1-6H3. The Hall–Kier alpha value is -3.50. The minimum absolute atomic E-state index is 0.0363. The molecule has 190 valence electrons. The summed E-state index contributed by atoms with van der Waals surface area (Å²) in [5.41, 5.74) is 10.1. The van der Waals surface area contributed by atoms with Gasteiger partial charge in [0.05, 0.1) is 9.79 Å². The maximum atomic E-state index is 13.2. The first-order valence-electron chi connectivity index (χ1n) is 12.6. The van der Waals surface area contributed by atoms with E-state index in [0.29, 0.717) is 20.9 Å². The molecule has 0 aliphatic carbocycles. The van der Waals surface area contributed by atoms with Gasteiger partial charge in [-0.3, -0.25) is 4.79 Å². The summed E-state index contributed by atoms with van der Waals surface area (Å²) in [4.78, 5) is 13.6. The molecule has 0 bridgehead atoms. The van der Waals surface area contributed by atoms with Gasteiger partial charge in [0.25, 0.3) is 0 Å². The lowest BCUT2D eigenvalue weighted by molar-refractivity contribution is 0.103. The Morgan fingerprint density at radius 1 is 0.514 bits per heavy atom. The molecule has 0 aliphatic rings. The van der Waals surface area contributed by atoms with Crippen molar-refractivity contribution in [1.29, 1.82) is 0 Å². The molecule has 4 aromatic carbocycles. The van der Waals surface area contributed by atoms with Gasteiger partial charge in [0.1, 0.15) is 0 Å². The van der Waals surface area contributed by atoms with E-state index in [2.05, 4.69) is 0 Å². The molecule has 0 heterocycles. The monoisotopic (exact) mass is 510 g/mol. The number of carbonyl (C=O) groups is 1. The largest absolute Gasteiger partial charge is 0.289 e. The van der Waals surface area contributed by atoms with Crippen LogP contribution in [0.4, 0.5) is 0 Å². The molecule has 0 fully saturated rings. The lowest BCUT2D eigenvalue weighted by atomic mass is 9.94. The smallest absolute Gasteiger partial charge is 0.206 e. The van der Waals surface area contributed by atoms with E-state index in [1.807, 2.05) is 90.1 Å². The second kappa shape index (κ2) is 10.5. The van der Waals surface area contributed by atoms with Crippen LogP contribution >= 0.6 is 0 Å². The van der Waals surface area contributed by atoms with Crippen LogP contribution in [0.1, 0.15) is 60.4 Å². The maximum Gasteiger partial charge on any atom is 0.206 e. The molecule has 0 amide bonds. The Balaban J connectivity index is 1.49. The lowest BCUT2D eigenvalue weighted by Crippen LogP contribution is -2.05. The van der Waals surface area contributed by atoms with Crippen molar-refractivity contribution in [2.75, 3.05) is 0 Å². The fourth-order valence-corrected chi connectivity index (χ4v) is 6.00. The third-order valence-corrected chi connectivity index (χ3v) is 9.20. The topological polar surface area (TPSA) is 51.2 Å². The van der Waals surface area contributed by atoms with Crippen molar-refractivity contribution < 1.29 is 13.2 Å². The summed E-state index contributed by atoms with van der Waals surface area (Å²) in [6, 6.07) is 22.4. The molecular weight excluding hydrogens is 476 g/mol. The molecule has 0 saturated carbocycles. The summed E-state index contributed by atoms with van der Waals surface area (Å²) < 4.78 is 26.4. The van der Waals surface area contributed by atoms with Crippen LogP contribution in [0.3, 0.4) is 0 Å². The van der Waals surface area contributed by atoms with Gasteiger partial charge in [-0.15, -0.1) is 0 Å². The summed E-state index contributed by atoms with van der Waals surface area (Å²) in [6.45, 7) is 12.0. The van der Waals surface area contributed by atoms with Crippen LogP contribution in [-0.2, 0) is 22.7 Å². The molecule has 0 aliphatic heterocycles. The number of benzene rings is 4. The van der Waals surface area contributed by atoms with Crippen molar-refractivity contribution in [2.24, 2.45) is 0 Å². The number of rotatable bonds is 7. The highest BCUT2D eigenvalue weighted by atomic mass is 32.2. The Bertz CT molecular complexity index is 1610. The molecule has 4 heteroatoms. The van der Waals surface area contributed by atoms with Gasteiger partial charge < -0.3 is 0 Å². The van der Waals surface area contributed by atoms with Gasteiger partial charge in [-0.1, -0.05) is 36.4 Å². The van der Waals surface area contributed by atoms with Gasteiger partial charge in [0.2, 0.25) is 9.84 Å². The molecule has 0 N–H and O–H groups in total. The quantitative estimate of drug-likeness (QED) is 0.244. The van der Waals surface area contributed by atoms with E-state index in [4.69, 9.17) is 0 Å². The van der Waals surface area contributed by atoms with Gasteiger partial charge in [0, 0.05) is 11.1 Å². The Kier molecular flexibility index (Phi) is 7.52. The normalized spacial score (nSPS) is 11.5. The highest BCUT2D eigenvalue weighted by Gasteiger charge is 2.19. The van der Waals surface area contributed by atoms with E-state index < -0.39 is 9.84 Å². The van der Waals surface area contributed by atoms with Gasteiger partial charge in [-0.2, -0.15) is 0 Å². The van der Waals surface area contributed by atoms with Crippen LogP contribution in [0.2, 0.25) is 0 Å². The molecule has 4 rings (SSSR count). The van der Waals surface area contributed by atoms with Crippen LogP contribution in [0.5, 0.6) is 0 Å². The van der Waals surface area contributed by atoms with Crippen LogP contribution in [0, 0.1) is 41.5 Å². The molecule has 4 aromatic rings. The lowest BCUT2D eigenvalue weighted by Gasteiger charge is -2.12.